The minimum absolute atomic E-state index is 0.144. The standard InChI is InChI=1S/C17H20N2O2/c1-21-16-9-7-13(8-10-16)11-14(12-18)17(20)19-15-5-3-2-4-6-15/h7-11,15H,2-6H2,1H3,(H,19,20). The first-order valence-corrected chi connectivity index (χ1v) is 7.29. The number of rotatable bonds is 4. The number of amides is 1. The van der Waals surface area contributed by atoms with Crippen LogP contribution >= 0.6 is 0 Å². The van der Waals surface area contributed by atoms with Crippen molar-refractivity contribution in [3.8, 4) is 11.8 Å². The molecule has 1 fully saturated rings. The Kier molecular flexibility index (Phi) is 5.39. The predicted molar refractivity (Wildman–Crippen MR) is 81.6 cm³/mol. The summed E-state index contributed by atoms with van der Waals surface area (Å²) in [6, 6.07) is 9.45. The molecular weight excluding hydrogens is 264 g/mol. The molecular formula is C17H20N2O2. The average Bonchev–Trinajstić information content (AvgIpc) is 2.54. The van der Waals surface area contributed by atoms with Crippen LogP contribution in [-0.2, 0) is 4.79 Å². The Morgan fingerprint density at radius 1 is 1.29 bits per heavy atom. The van der Waals surface area contributed by atoms with Crippen molar-refractivity contribution in [1.82, 2.24) is 5.32 Å². The van der Waals surface area contributed by atoms with Crippen LogP contribution in [0.15, 0.2) is 29.8 Å². The molecule has 0 aromatic heterocycles. The molecule has 1 saturated carbocycles. The number of ether oxygens (including phenoxy) is 1. The van der Waals surface area contributed by atoms with E-state index in [4.69, 9.17) is 4.74 Å². The molecule has 110 valence electrons. The zero-order chi connectivity index (χ0) is 15.1. The maximum Gasteiger partial charge on any atom is 0.262 e. The van der Waals surface area contributed by atoms with Crippen molar-refractivity contribution in [2.75, 3.05) is 7.11 Å². The van der Waals surface area contributed by atoms with Gasteiger partial charge in [-0.25, -0.2) is 0 Å². The van der Waals surface area contributed by atoms with E-state index in [1.54, 1.807) is 25.3 Å². The van der Waals surface area contributed by atoms with E-state index in [1.807, 2.05) is 18.2 Å². The van der Waals surface area contributed by atoms with Gasteiger partial charge in [0.15, 0.2) is 0 Å². The van der Waals surface area contributed by atoms with Crippen molar-refractivity contribution in [2.45, 2.75) is 38.1 Å². The van der Waals surface area contributed by atoms with E-state index in [0.29, 0.717) is 0 Å². The van der Waals surface area contributed by atoms with Gasteiger partial charge in [0.05, 0.1) is 7.11 Å². The Hall–Kier alpha value is -2.28. The van der Waals surface area contributed by atoms with Crippen molar-refractivity contribution in [3.63, 3.8) is 0 Å². The second-order valence-electron chi connectivity index (χ2n) is 5.25. The highest BCUT2D eigenvalue weighted by Gasteiger charge is 2.17. The zero-order valence-corrected chi connectivity index (χ0v) is 12.3. The van der Waals surface area contributed by atoms with Crippen molar-refractivity contribution < 1.29 is 9.53 Å². The summed E-state index contributed by atoms with van der Waals surface area (Å²) in [7, 11) is 1.60. The number of benzene rings is 1. The maximum atomic E-state index is 12.1. The van der Waals surface area contributed by atoms with Gasteiger partial charge in [0.2, 0.25) is 0 Å². The fourth-order valence-electron chi connectivity index (χ4n) is 2.53. The first-order chi connectivity index (χ1) is 10.2. The molecule has 0 heterocycles. The molecule has 0 saturated heterocycles. The van der Waals surface area contributed by atoms with Gasteiger partial charge in [-0.15, -0.1) is 0 Å². The van der Waals surface area contributed by atoms with Gasteiger partial charge in [-0.2, -0.15) is 5.26 Å². The minimum atomic E-state index is -0.278. The molecule has 1 aliphatic rings. The molecule has 1 aromatic rings. The molecule has 2 rings (SSSR count). The third kappa shape index (κ3) is 4.35. The van der Waals surface area contributed by atoms with Gasteiger partial charge in [0.1, 0.15) is 17.4 Å². The van der Waals surface area contributed by atoms with E-state index in [-0.39, 0.29) is 17.5 Å². The fourth-order valence-corrected chi connectivity index (χ4v) is 2.53. The normalized spacial score (nSPS) is 16.1. The summed E-state index contributed by atoms with van der Waals surface area (Å²) in [5.41, 5.74) is 0.955. The highest BCUT2D eigenvalue weighted by molar-refractivity contribution is 6.01. The molecule has 1 N–H and O–H groups in total. The first kappa shape index (κ1) is 15.1. The number of methoxy groups -OCH3 is 1. The van der Waals surface area contributed by atoms with Crippen LogP contribution in [0, 0.1) is 11.3 Å². The number of hydrogen-bond donors (Lipinski definition) is 1. The monoisotopic (exact) mass is 284 g/mol. The van der Waals surface area contributed by atoms with Gasteiger partial charge in [0.25, 0.3) is 5.91 Å². The second-order valence-corrected chi connectivity index (χ2v) is 5.25. The minimum Gasteiger partial charge on any atom is -0.497 e. The van der Waals surface area contributed by atoms with Crippen molar-refractivity contribution >= 4 is 12.0 Å². The Bertz CT molecular complexity index is 549. The Balaban J connectivity index is 2.04. The first-order valence-electron chi connectivity index (χ1n) is 7.29. The van der Waals surface area contributed by atoms with Crippen molar-refractivity contribution in [3.05, 3.63) is 35.4 Å². The quantitative estimate of drug-likeness (QED) is 0.682. The van der Waals surface area contributed by atoms with Crippen molar-refractivity contribution in [2.24, 2.45) is 0 Å². The fraction of sp³-hybridized carbons (Fsp3) is 0.412. The Morgan fingerprint density at radius 2 is 1.95 bits per heavy atom. The lowest BCUT2D eigenvalue weighted by molar-refractivity contribution is -0.117. The van der Waals surface area contributed by atoms with Gasteiger partial charge in [-0.05, 0) is 36.6 Å². The van der Waals surface area contributed by atoms with E-state index >= 15 is 0 Å². The molecule has 1 amide bonds. The van der Waals surface area contributed by atoms with Crippen LogP contribution < -0.4 is 10.1 Å². The lowest BCUT2D eigenvalue weighted by Crippen LogP contribution is -2.36. The van der Waals surface area contributed by atoms with Gasteiger partial charge >= 0.3 is 0 Å². The largest absolute Gasteiger partial charge is 0.497 e. The Labute approximate surface area is 125 Å². The van der Waals surface area contributed by atoms with Gasteiger partial charge in [-0.1, -0.05) is 31.4 Å². The third-order valence-electron chi connectivity index (χ3n) is 3.73. The van der Waals surface area contributed by atoms with Crippen LogP contribution in [0.4, 0.5) is 0 Å². The molecule has 1 aliphatic carbocycles. The van der Waals surface area contributed by atoms with Crippen LogP contribution in [-0.4, -0.2) is 19.1 Å². The van der Waals surface area contributed by atoms with Crippen LogP contribution in [0.25, 0.3) is 6.08 Å². The topological polar surface area (TPSA) is 62.1 Å². The summed E-state index contributed by atoms with van der Waals surface area (Å²) in [6.45, 7) is 0. The van der Waals surface area contributed by atoms with Crippen LogP contribution in [0.5, 0.6) is 5.75 Å². The van der Waals surface area contributed by atoms with E-state index in [2.05, 4.69) is 5.32 Å². The maximum absolute atomic E-state index is 12.1. The number of nitrogens with zero attached hydrogens (tertiary/aromatic N) is 1. The van der Waals surface area contributed by atoms with Gasteiger partial charge in [-0.3, -0.25) is 4.79 Å². The second kappa shape index (κ2) is 7.49. The number of carbonyl (C=O) groups excluding carboxylic acids is 1. The summed E-state index contributed by atoms with van der Waals surface area (Å²) < 4.78 is 5.08. The number of carbonyl (C=O) groups is 1. The molecule has 1 aromatic carbocycles. The zero-order valence-electron chi connectivity index (χ0n) is 12.3. The summed E-state index contributed by atoms with van der Waals surface area (Å²) >= 11 is 0. The highest BCUT2D eigenvalue weighted by Crippen LogP contribution is 2.18. The number of nitrogens with one attached hydrogen (secondary N) is 1. The number of hydrogen-bond acceptors (Lipinski definition) is 3. The van der Waals surface area contributed by atoms with Gasteiger partial charge in [0, 0.05) is 6.04 Å². The van der Waals surface area contributed by atoms with Crippen molar-refractivity contribution in [1.29, 1.82) is 5.26 Å². The third-order valence-corrected chi connectivity index (χ3v) is 3.73. The summed E-state index contributed by atoms with van der Waals surface area (Å²) in [5.74, 6) is 0.470. The summed E-state index contributed by atoms with van der Waals surface area (Å²) in [5, 5.41) is 12.1. The molecule has 0 spiro atoms. The van der Waals surface area contributed by atoms with E-state index in [0.717, 1.165) is 37.0 Å². The molecule has 0 unspecified atom stereocenters. The highest BCUT2D eigenvalue weighted by atomic mass is 16.5. The van der Waals surface area contributed by atoms with E-state index in [9.17, 15) is 10.1 Å². The van der Waals surface area contributed by atoms with E-state index < -0.39 is 0 Å². The molecule has 0 radical (unpaired) electrons. The average molecular weight is 284 g/mol. The predicted octanol–water partition coefficient (Wildman–Crippen LogP) is 3.05. The van der Waals surface area contributed by atoms with Crippen LogP contribution in [0.1, 0.15) is 37.7 Å². The molecule has 0 atom stereocenters. The summed E-state index contributed by atoms with van der Waals surface area (Å²) in [4.78, 5) is 12.1. The molecule has 21 heavy (non-hydrogen) atoms. The lowest BCUT2D eigenvalue weighted by atomic mass is 9.95. The SMILES string of the molecule is COc1ccc(C=C(C#N)C(=O)NC2CCCCC2)cc1. The molecule has 0 aliphatic heterocycles. The molecule has 0 bridgehead atoms. The summed E-state index contributed by atoms with van der Waals surface area (Å²) in [6.07, 6.45) is 7.15. The smallest absolute Gasteiger partial charge is 0.262 e. The van der Waals surface area contributed by atoms with E-state index in [1.165, 1.54) is 6.42 Å². The lowest BCUT2D eigenvalue weighted by Gasteiger charge is -2.22. The Morgan fingerprint density at radius 3 is 2.52 bits per heavy atom. The molecule has 4 heteroatoms. The molecule has 4 nitrogen and oxygen atoms in total. The number of nitriles is 1. The van der Waals surface area contributed by atoms with Crippen LogP contribution in [0.2, 0.25) is 0 Å². The van der Waals surface area contributed by atoms with Crippen LogP contribution in [0.3, 0.4) is 0 Å². The van der Waals surface area contributed by atoms with Gasteiger partial charge < -0.3 is 10.1 Å².